The second-order valence-electron chi connectivity index (χ2n) is 9.12. The molecule has 1 atom stereocenters. The average molecular weight is 538 g/mol. The van der Waals surface area contributed by atoms with Crippen LogP contribution in [0.5, 0.6) is 5.88 Å². The molecule has 0 aliphatic carbocycles. The normalized spacial score (nSPS) is 11.5. The molecule has 0 fully saturated rings. The topological polar surface area (TPSA) is 89.6 Å². The Hall–Kier alpha value is -4.27. The van der Waals surface area contributed by atoms with E-state index in [2.05, 4.69) is 22.2 Å². The van der Waals surface area contributed by atoms with Gasteiger partial charge in [0.25, 0.3) is 5.91 Å². The van der Waals surface area contributed by atoms with E-state index in [1.54, 1.807) is 26.0 Å². The first-order chi connectivity index (χ1) is 18.5. The minimum Gasteiger partial charge on any atom is -0.499 e. The highest BCUT2D eigenvalue weighted by molar-refractivity contribution is 5.98. The van der Waals surface area contributed by atoms with E-state index in [1.165, 1.54) is 13.2 Å². The summed E-state index contributed by atoms with van der Waals surface area (Å²) < 4.78 is 40.7. The minimum absolute atomic E-state index is 0.00417. The van der Waals surface area contributed by atoms with E-state index in [0.29, 0.717) is 23.6 Å². The second kappa shape index (κ2) is 13.0. The number of aryl methyl sites for hydroxylation is 3. The molecule has 3 aromatic rings. The van der Waals surface area contributed by atoms with Crippen molar-refractivity contribution in [3.05, 3.63) is 94.4 Å². The van der Waals surface area contributed by atoms with Crippen LogP contribution >= 0.6 is 0 Å². The summed E-state index contributed by atoms with van der Waals surface area (Å²) in [5.74, 6) is -2.90. The van der Waals surface area contributed by atoms with Gasteiger partial charge in [-0.1, -0.05) is 24.8 Å². The molecular weight excluding hydrogens is 504 g/mol. The van der Waals surface area contributed by atoms with Gasteiger partial charge in [-0.2, -0.15) is 0 Å². The molecular formula is C30H33F2N3O4. The fourth-order valence-corrected chi connectivity index (χ4v) is 4.37. The highest BCUT2D eigenvalue weighted by Crippen LogP contribution is 2.33. The summed E-state index contributed by atoms with van der Waals surface area (Å²) in [5, 5.41) is 5.21. The number of nitrogens with one attached hydrogen (secondary N) is 2. The zero-order valence-corrected chi connectivity index (χ0v) is 22.8. The van der Waals surface area contributed by atoms with Crippen LogP contribution in [0.25, 0.3) is 11.1 Å². The molecule has 0 saturated heterocycles. The number of pyridine rings is 1. The number of hydrogen-bond donors (Lipinski definition) is 2. The molecule has 0 bridgehead atoms. The van der Waals surface area contributed by atoms with Gasteiger partial charge >= 0.3 is 0 Å². The summed E-state index contributed by atoms with van der Waals surface area (Å²) in [5.41, 5.74) is 3.82. The zero-order chi connectivity index (χ0) is 28.7. The highest BCUT2D eigenvalue weighted by Gasteiger charge is 2.25. The molecule has 206 valence electrons. The predicted molar refractivity (Wildman–Crippen MR) is 145 cm³/mol. The number of nitrogens with zero attached hydrogens (tertiary/aromatic N) is 1. The van der Waals surface area contributed by atoms with Crippen LogP contribution in [0.3, 0.4) is 0 Å². The van der Waals surface area contributed by atoms with Gasteiger partial charge in [-0.15, -0.1) is 0 Å². The molecule has 2 N–H and O–H groups in total. The summed E-state index contributed by atoms with van der Waals surface area (Å²) in [4.78, 5) is 29.7. The van der Waals surface area contributed by atoms with Crippen molar-refractivity contribution in [2.45, 2.75) is 40.2 Å². The van der Waals surface area contributed by atoms with Crippen LogP contribution in [-0.4, -0.2) is 37.1 Å². The van der Waals surface area contributed by atoms with Crippen molar-refractivity contribution in [2.24, 2.45) is 0 Å². The van der Waals surface area contributed by atoms with Crippen LogP contribution in [0.15, 0.2) is 54.8 Å². The van der Waals surface area contributed by atoms with Crippen molar-refractivity contribution >= 4 is 11.8 Å². The number of benzene rings is 2. The van der Waals surface area contributed by atoms with Crippen molar-refractivity contribution in [3.63, 3.8) is 0 Å². The maximum Gasteiger partial charge on any atom is 0.257 e. The van der Waals surface area contributed by atoms with Crippen molar-refractivity contribution < 1.29 is 27.8 Å². The van der Waals surface area contributed by atoms with Crippen molar-refractivity contribution in [1.29, 1.82) is 0 Å². The number of halogens is 2. The van der Waals surface area contributed by atoms with E-state index in [1.807, 2.05) is 32.0 Å². The Morgan fingerprint density at radius 3 is 2.41 bits per heavy atom. The Kier molecular flexibility index (Phi) is 9.76. The highest BCUT2D eigenvalue weighted by atomic mass is 19.2. The molecule has 1 heterocycles. The van der Waals surface area contributed by atoms with E-state index in [4.69, 9.17) is 9.47 Å². The predicted octanol–water partition coefficient (Wildman–Crippen LogP) is 5.49. The maximum absolute atomic E-state index is 15.2. The molecule has 9 heteroatoms. The molecule has 1 unspecified atom stereocenters. The van der Waals surface area contributed by atoms with Gasteiger partial charge in [0.15, 0.2) is 11.6 Å². The second-order valence-corrected chi connectivity index (χ2v) is 9.12. The van der Waals surface area contributed by atoms with E-state index in [-0.39, 0.29) is 23.4 Å². The molecule has 2 aromatic carbocycles. The largest absolute Gasteiger partial charge is 0.499 e. The minimum atomic E-state index is -1.08. The number of aromatic nitrogens is 1. The molecule has 0 aliphatic heterocycles. The van der Waals surface area contributed by atoms with Crippen LogP contribution in [0.2, 0.25) is 0 Å². The summed E-state index contributed by atoms with van der Waals surface area (Å²) in [6.45, 7) is 11.0. The van der Waals surface area contributed by atoms with E-state index in [9.17, 15) is 14.0 Å². The molecule has 3 rings (SSSR count). The quantitative estimate of drug-likeness (QED) is 0.316. The first-order valence-electron chi connectivity index (χ1n) is 12.5. The molecule has 7 nitrogen and oxygen atoms in total. The standard InChI is InChI=1S/C30H33F2N3O4/c1-7-39-20(5)13-25(35-26(36)16-33-29(37)22-12-11-19(4)34-30(22)38-6)23-14-21(15-24(31)28(23)32)27-17(2)9-8-10-18(27)3/h8-12,14-15,25H,5,7,13,16H2,1-4,6H3,(H,33,37)(H,35,36). The Bertz CT molecular complexity index is 1370. The van der Waals surface area contributed by atoms with Crippen LogP contribution in [0, 0.1) is 32.4 Å². The van der Waals surface area contributed by atoms with E-state index >= 15 is 4.39 Å². The summed E-state index contributed by atoms with van der Waals surface area (Å²) >= 11 is 0. The Morgan fingerprint density at radius 2 is 1.77 bits per heavy atom. The molecule has 39 heavy (non-hydrogen) atoms. The average Bonchev–Trinajstić information content (AvgIpc) is 2.88. The summed E-state index contributed by atoms with van der Waals surface area (Å²) in [6, 6.07) is 10.5. The number of carbonyl (C=O) groups excluding carboxylic acids is 2. The molecule has 0 spiro atoms. The van der Waals surface area contributed by atoms with Gasteiger partial charge in [-0.05, 0) is 74.2 Å². The number of rotatable bonds is 11. The van der Waals surface area contributed by atoms with Crippen LogP contribution in [-0.2, 0) is 9.53 Å². The van der Waals surface area contributed by atoms with Gasteiger partial charge in [0.1, 0.15) is 5.56 Å². The number of methoxy groups -OCH3 is 1. The smallest absolute Gasteiger partial charge is 0.257 e. The van der Waals surface area contributed by atoms with Crippen LogP contribution in [0.1, 0.15) is 52.1 Å². The molecule has 0 radical (unpaired) electrons. The number of carbonyl (C=O) groups is 2. The van der Waals surface area contributed by atoms with Crippen molar-refractivity contribution in [3.8, 4) is 17.0 Å². The fourth-order valence-electron chi connectivity index (χ4n) is 4.37. The Labute approximate surface area is 227 Å². The molecule has 1 aromatic heterocycles. The zero-order valence-electron chi connectivity index (χ0n) is 22.8. The summed E-state index contributed by atoms with van der Waals surface area (Å²) in [6.07, 6.45) is -0.00417. The third-order valence-electron chi connectivity index (χ3n) is 6.16. The molecule has 0 aliphatic rings. The van der Waals surface area contributed by atoms with Gasteiger partial charge in [0.2, 0.25) is 11.8 Å². The lowest BCUT2D eigenvalue weighted by molar-refractivity contribution is -0.120. The van der Waals surface area contributed by atoms with Crippen molar-refractivity contribution in [1.82, 2.24) is 15.6 Å². The lowest BCUT2D eigenvalue weighted by Crippen LogP contribution is -2.39. The maximum atomic E-state index is 15.2. The monoisotopic (exact) mass is 537 g/mol. The first kappa shape index (κ1) is 29.3. The summed E-state index contributed by atoms with van der Waals surface area (Å²) in [7, 11) is 1.39. The first-order valence-corrected chi connectivity index (χ1v) is 12.5. The molecule has 2 amide bonds. The number of ether oxygens (including phenoxy) is 2. The lowest BCUT2D eigenvalue weighted by atomic mass is 9.92. The van der Waals surface area contributed by atoms with Crippen LogP contribution in [0.4, 0.5) is 8.78 Å². The fraction of sp³-hybridized carbons (Fsp3) is 0.300. The Morgan fingerprint density at radius 1 is 1.08 bits per heavy atom. The van der Waals surface area contributed by atoms with E-state index < -0.39 is 36.0 Å². The van der Waals surface area contributed by atoms with Gasteiger partial charge in [0.05, 0.1) is 32.1 Å². The van der Waals surface area contributed by atoms with E-state index in [0.717, 1.165) is 22.8 Å². The molecule has 0 saturated carbocycles. The SMILES string of the molecule is C=C(CC(NC(=O)CNC(=O)c1ccc(C)nc1OC)c1cc(-c2c(C)cccc2C)cc(F)c1F)OCC. The lowest BCUT2D eigenvalue weighted by Gasteiger charge is -2.23. The third-order valence-corrected chi connectivity index (χ3v) is 6.16. The third kappa shape index (κ3) is 7.19. The van der Waals surface area contributed by atoms with Crippen LogP contribution < -0.4 is 15.4 Å². The van der Waals surface area contributed by atoms with Crippen molar-refractivity contribution in [2.75, 3.05) is 20.3 Å². The number of amides is 2. The van der Waals surface area contributed by atoms with Gasteiger partial charge < -0.3 is 20.1 Å². The van der Waals surface area contributed by atoms with Gasteiger partial charge in [-0.25, -0.2) is 13.8 Å². The Balaban J connectivity index is 1.89. The number of hydrogen-bond acceptors (Lipinski definition) is 5. The van der Waals surface area contributed by atoms with Gasteiger partial charge in [0, 0.05) is 17.7 Å². The van der Waals surface area contributed by atoms with Gasteiger partial charge in [-0.3, -0.25) is 9.59 Å².